The number of benzene rings is 2. The smallest absolute Gasteiger partial charge is 0.309 e. The van der Waals surface area contributed by atoms with Crippen molar-refractivity contribution in [3.05, 3.63) is 60.2 Å². The van der Waals surface area contributed by atoms with Gasteiger partial charge in [-0.1, -0.05) is 24.3 Å². The van der Waals surface area contributed by atoms with Crippen molar-refractivity contribution in [2.45, 2.75) is 20.3 Å². The number of nitrogens with one attached hydrogen (secondary N) is 1. The highest BCUT2D eigenvalue weighted by Crippen LogP contribution is 2.13. The molecule has 1 N–H and O–H groups in total. The monoisotopic (exact) mass is 398 g/mol. The van der Waals surface area contributed by atoms with Crippen LogP contribution in [0.25, 0.3) is 0 Å². The molecule has 0 heterocycles. The molecule has 2 amide bonds. The number of nitrogens with zero attached hydrogens (tertiary/aromatic N) is 1. The Morgan fingerprint density at radius 2 is 1.69 bits per heavy atom. The van der Waals surface area contributed by atoms with Crippen LogP contribution in [-0.4, -0.2) is 49.0 Å². The van der Waals surface area contributed by atoms with Gasteiger partial charge in [-0.15, -0.1) is 0 Å². The van der Waals surface area contributed by atoms with Gasteiger partial charge in [0, 0.05) is 24.3 Å². The SMILES string of the molecule is CCN(CC)C(=O)c1cccc(NC(=O)COC(=O)CCOc2ccccc2)c1. The Morgan fingerprint density at radius 3 is 2.38 bits per heavy atom. The van der Waals surface area contributed by atoms with Crippen molar-refractivity contribution < 1.29 is 23.9 Å². The molecule has 0 fully saturated rings. The van der Waals surface area contributed by atoms with Crippen LogP contribution in [0.15, 0.2) is 54.6 Å². The molecule has 0 saturated carbocycles. The number of para-hydroxylation sites is 1. The summed E-state index contributed by atoms with van der Waals surface area (Å²) in [6, 6.07) is 15.8. The molecular weight excluding hydrogens is 372 g/mol. The maximum atomic E-state index is 12.4. The van der Waals surface area contributed by atoms with Gasteiger partial charge in [0.15, 0.2) is 6.61 Å². The molecule has 0 radical (unpaired) electrons. The van der Waals surface area contributed by atoms with E-state index in [1.807, 2.05) is 32.0 Å². The van der Waals surface area contributed by atoms with Crippen LogP contribution < -0.4 is 10.1 Å². The third kappa shape index (κ3) is 7.29. The van der Waals surface area contributed by atoms with E-state index in [0.29, 0.717) is 30.1 Å². The molecule has 2 aromatic rings. The number of amides is 2. The molecule has 29 heavy (non-hydrogen) atoms. The third-order valence-corrected chi connectivity index (χ3v) is 4.13. The first kappa shape index (κ1) is 21.9. The van der Waals surface area contributed by atoms with E-state index in [1.54, 1.807) is 41.3 Å². The Kier molecular flexibility index (Phi) is 8.69. The standard InChI is InChI=1S/C22H26N2O5/c1-3-24(4-2)22(27)17-9-8-10-18(15-17)23-20(25)16-29-21(26)13-14-28-19-11-6-5-7-12-19/h5-12,15H,3-4,13-14,16H2,1-2H3,(H,23,25). The zero-order valence-corrected chi connectivity index (χ0v) is 16.7. The molecule has 0 aliphatic rings. The van der Waals surface area contributed by atoms with Gasteiger partial charge >= 0.3 is 5.97 Å². The van der Waals surface area contributed by atoms with Gasteiger partial charge in [0.1, 0.15) is 5.75 Å². The van der Waals surface area contributed by atoms with Crippen LogP contribution >= 0.6 is 0 Å². The van der Waals surface area contributed by atoms with Crippen molar-refractivity contribution in [3.8, 4) is 5.75 Å². The van der Waals surface area contributed by atoms with Gasteiger partial charge in [0.25, 0.3) is 11.8 Å². The molecule has 0 aromatic heterocycles. The van der Waals surface area contributed by atoms with Crippen molar-refractivity contribution in [3.63, 3.8) is 0 Å². The summed E-state index contributed by atoms with van der Waals surface area (Å²) < 4.78 is 10.4. The molecule has 7 nitrogen and oxygen atoms in total. The minimum Gasteiger partial charge on any atom is -0.493 e. The van der Waals surface area contributed by atoms with Gasteiger partial charge in [-0.05, 0) is 44.2 Å². The summed E-state index contributed by atoms with van der Waals surface area (Å²) in [5.41, 5.74) is 0.957. The normalized spacial score (nSPS) is 10.1. The van der Waals surface area contributed by atoms with Crippen molar-refractivity contribution >= 4 is 23.5 Å². The molecule has 0 aliphatic carbocycles. The fraction of sp³-hybridized carbons (Fsp3) is 0.318. The average Bonchev–Trinajstić information content (AvgIpc) is 2.74. The number of rotatable bonds is 10. The quantitative estimate of drug-likeness (QED) is 0.622. The molecule has 154 valence electrons. The van der Waals surface area contributed by atoms with E-state index >= 15 is 0 Å². The van der Waals surface area contributed by atoms with E-state index in [9.17, 15) is 14.4 Å². The third-order valence-electron chi connectivity index (χ3n) is 4.13. The van der Waals surface area contributed by atoms with Crippen LogP contribution in [0.4, 0.5) is 5.69 Å². The summed E-state index contributed by atoms with van der Waals surface area (Å²) >= 11 is 0. The van der Waals surface area contributed by atoms with Crippen molar-refractivity contribution in [2.24, 2.45) is 0 Å². The second-order valence-corrected chi connectivity index (χ2v) is 6.18. The van der Waals surface area contributed by atoms with Crippen LogP contribution in [0.3, 0.4) is 0 Å². The predicted molar refractivity (Wildman–Crippen MR) is 110 cm³/mol. The van der Waals surface area contributed by atoms with Gasteiger partial charge < -0.3 is 19.7 Å². The van der Waals surface area contributed by atoms with Crippen molar-refractivity contribution in [2.75, 3.05) is 31.6 Å². The average molecular weight is 398 g/mol. The lowest BCUT2D eigenvalue weighted by Gasteiger charge is -2.19. The highest BCUT2D eigenvalue weighted by Gasteiger charge is 2.14. The lowest BCUT2D eigenvalue weighted by atomic mass is 10.1. The highest BCUT2D eigenvalue weighted by atomic mass is 16.5. The number of ether oxygens (including phenoxy) is 2. The molecular formula is C22H26N2O5. The van der Waals surface area contributed by atoms with Crippen molar-refractivity contribution in [1.82, 2.24) is 4.90 Å². The predicted octanol–water partition coefficient (Wildman–Crippen LogP) is 3.12. The van der Waals surface area contributed by atoms with Crippen molar-refractivity contribution in [1.29, 1.82) is 0 Å². The molecule has 2 aromatic carbocycles. The number of carbonyl (C=O) groups excluding carboxylic acids is 3. The Balaban J connectivity index is 1.76. The van der Waals surface area contributed by atoms with Crippen LogP contribution in [0.5, 0.6) is 5.75 Å². The Hall–Kier alpha value is -3.35. The van der Waals surface area contributed by atoms with E-state index in [1.165, 1.54) is 0 Å². The molecule has 0 spiro atoms. The number of hydrogen-bond acceptors (Lipinski definition) is 5. The molecule has 0 saturated heterocycles. The summed E-state index contributed by atoms with van der Waals surface area (Å²) in [6.07, 6.45) is 0.0377. The fourth-order valence-electron chi connectivity index (χ4n) is 2.61. The van der Waals surface area contributed by atoms with E-state index in [2.05, 4.69) is 5.32 Å². The number of carbonyl (C=O) groups is 3. The largest absolute Gasteiger partial charge is 0.493 e. The molecule has 0 unspecified atom stereocenters. The minimum absolute atomic E-state index is 0.0377. The lowest BCUT2D eigenvalue weighted by Crippen LogP contribution is -2.30. The first-order valence-electron chi connectivity index (χ1n) is 9.56. The van der Waals surface area contributed by atoms with Crippen LogP contribution in [0.2, 0.25) is 0 Å². The molecule has 2 rings (SSSR count). The fourth-order valence-corrected chi connectivity index (χ4v) is 2.61. The lowest BCUT2D eigenvalue weighted by molar-refractivity contribution is -0.147. The first-order chi connectivity index (χ1) is 14.0. The first-order valence-corrected chi connectivity index (χ1v) is 9.56. The molecule has 0 bridgehead atoms. The minimum atomic E-state index is -0.526. The summed E-state index contributed by atoms with van der Waals surface area (Å²) in [7, 11) is 0. The number of anilines is 1. The molecule has 0 atom stereocenters. The molecule has 0 aliphatic heterocycles. The van der Waals surface area contributed by atoms with E-state index in [4.69, 9.17) is 9.47 Å². The van der Waals surface area contributed by atoms with Gasteiger partial charge in [-0.2, -0.15) is 0 Å². The summed E-state index contributed by atoms with van der Waals surface area (Å²) in [6.45, 7) is 4.79. The maximum Gasteiger partial charge on any atom is 0.309 e. The van der Waals surface area contributed by atoms with Gasteiger partial charge in [0.05, 0.1) is 13.0 Å². The summed E-state index contributed by atoms with van der Waals surface area (Å²) in [4.78, 5) is 37.9. The molecule has 7 heteroatoms. The van der Waals surface area contributed by atoms with E-state index < -0.39 is 18.5 Å². The topological polar surface area (TPSA) is 84.9 Å². The summed E-state index contributed by atoms with van der Waals surface area (Å²) in [5, 5.41) is 2.63. The second kappa shape index (κ2) is 11.5. The number of hydrogen-bond donors (Lipinski definition) is 1. The van der Waals surface area contributed by atoms with Crippen LogP contribution in [0.1, 0.15) is 30.6 Å². The zero-order chi connectivity index (χ0) is 21.1. The maximum absolute atomic E-state index is 12.4. The van der Waals surface area contributed by atoms with E-state index in [0.717, 1.165) is 0 Å². The Bertz CT molecular complexity index is 819. The Morgan fingerprint density at radius 1 is 0.966 bits per heavy atom. The highest BCUT2D eigenvalue weighted by molar-refractivity contribution is 5.97. The number of esters is 1. The van der Waals surface area contributed by atoms with Gasteiger partial charge in [0.2, 0.25) is 0 Å². The summed E-state index contributed by atoms with van der Waals surface area (Å²) in [5.74, 6) is -0.440. The van der Waals surface area contributed by atoms with Gasteiger partial charge in [-0.25, -0.2) is 0 Å². The second-order valence-electron chi connectivity index (χ2n) is 6.18. The Labute approximate surface area is 170 Å². The van der Waals surface area contributed by atoms with E-state index in [-0.39, 0.29) is 18.9 Å². The van der Waals surface area contributed by atoms with Crippen LogP contribution in [-0.2, 0) is 14.3 Å². The van der Waals surface area contributed by atoms with Gasteiger partial charge in [-0.3, -0.25) is 14.4 Å². The van der Waals surface area contributed by atoms with Crippen LogP contribution in [0, 0.1) is 0 Å². The zero-order valence-electron chi connectivity index (χ0n) is 16.7.